The maximum absolute atomic E-state index is 13.0. The summed E-state index contributed by atoms with van der Waals surface area (Å²) < 4.78 is 13.0. The van der Waals surface area contributed by atoms with Gasteiger partial charge >= 0.3 is 0 Å². The van der Waals surface area contributed by atoms with Crippen LogP contribution in [0.3, 0.4) is 0 Å². The molecule has 2 aromatic rings. The second-order valence-corrected chi connectivity index (χ2v) is 8.08. The van der Waals surface area contributed by atoms with Gasteiger partial charge in [0.25, 0.3) is 5.91 Å². The molecule has 2 atom stereocenters. The SMILES string of the molecule is C[C@@H]1CCCC[C@@H]1NC(=S)NNC(=O)c1ccc(-c2ccc(F)cc2)s1. The zero-order valence-corrected chi connectivity index (χ0v) is 16.2. The van der Waals surface area contributed by atoms with Crippen molar-refractivity contribution < 1.29 is 9.18 Å². The summed E-state index contributed by atoms with van der Waals surface area (Å²) in [7, 11) is 0. The number of hydrogen-bond donors (Lipinski definition) is 3. The monoisotopic (exact) mass is 391 g/mol. The van der Waals surface area contributed by atoms with Crippen molar-refractivity contribution in [2.45, 2.75) is 38.6 Å². The van der Waals surface area contributed by atoms with E-state index in [0.717, 1.165) is 16.9 Å². The first kappa shape index (κ1) is 18.8. The van der Waals surface area contributed by atoms with E-state index in [2.05, 4.69) is 23.1 Å². The Kier molecular flexibility index (Phi) is 6.21. The van der Waals surface area contributed by atoms with Gasteiger partial charge in [-0.15, -0.1) is 11.3 Å². The van der Waals surface area contributed by atoms with Crippen molar-refractivity contribution in [2.24, 2.45) is 5.92 Å². The fourth-order valence-corrected chi connectivity index (χ4v) is 4.25. The van der Waals surface area contributed by atoms with Gasteiger partial charge < -0.3 is 5.32 Å². The maximum Gasteiger partial charge on any atom is 0.279 e. The first-order chi connectivity index (χ1) is 12.5. The predicted molar refractivity (Wildman–Crippen MR) is 107 cm³/mol. The minimum Gasteiger partial charge on any atom is -0.358 e. The number of thiocarbonyl (C=S) groups is 1. The highest BCUT2D eigenvalue weighted by atomic mass is 32.1. The van der Waals surface area contributed by atoms with Crippen LogP contribution in [-0.2, 0) is 0 Å². The first-order valence-electron chi connectivity index (χ1n) is 8.75. The molecule has 26 heavy (non-hydrogen) atoms. The Hall–Kier alpha value is -1.99. The number of benzene rings is 1. The summed E-state index contributed by atoms with van der Waals surface area (Å²) in [5.41, 5.74) is 6.30. The summed E-state index contributed by atoms with van der Waals surface area (Å²) in [5.74, 6) is 0.0553. The molecule has 0 saturated heterocycles. The Morgan fingerprint density at radius 1 is 1.12 bits per heavy atom. The van der Waals surface area contributed by atoms with Crippen LogP contribution in [0.5, 0.6) is 0 Å². The predicted octanol–water partition coefficient (Wildman–Crippen LogP) is 4.24. The summed E-state index contributed by atoms with van der Waals surface area (Å²) in [6.07, 6.45) is 4.78. The van der Waals surface area contributed by atoms with Gasteiger partial charge in [-0.05, 0) is 60.8 Å². The Labute approximate surface area is 162 Å². The lowest BCUT2D eigenvalue weighted by molar-refractivity contribution is 0.0947. The lowest BCUT2D eigenvalue weighted by Crippen LogP contribution is -2.51. The Morgan fingerprint density at radius 3 is 2.58 bits per heavy atom. The highest BCUT2D eigenvalue weighted by Crippen LogP contribution is 2.28. The Bertz CT molecular complexity index is 775. The van der Waals surface area contributed by atoms with Crippen molar-refractivity contribution in [1.82, 2.24) is 16.2 Å². The van der Waals surface area contributed by atoms with Gasteiger partial charge in [-0.2, -0.15) is 0 Å². The largest absolute Gasteiger partial charge is 0.358 e. The number of carbonyl (C=O) groups is 1. The van der Waals surface area contributed by atoms with Crippen LogP contribution in [0, 0.1) is 11.7 Å². The Morgan fingerprint density at radius 2 is 1.85 bits per heavy atom. The number of rotatable bonds is 3. The van der Waals surface area contributed by atoms with E-state index >= 15 is 0 Å². The molecular weight excluding hydrogens is 369 g/mol. The van der Waals surface area contributed by atoms with E-state index in [9.17, 15) is 9.18 Å². The first-order valence-corrected chi connectivity index (χ1v) is 9.98. The highest BCUT2D eigenvalue weighted by Gasteiger charge is 2.21. The van der Waals surface area contributed by atoms with Gasteiger partial charge in [-0.3, -0.25) is 15.6 Å². The molecule has 0 bridgehead atoms. The second kappa shape index (κ2) is 8.60. The molecule has 1 fully saturated rings. The van der Waals surface area contributed by atoms with Crippen LogP contribution in [-0.4, -0.2) is 17.1 Å². The van der Waals surface area contributed by atoms with Gasteiger partial charge in [0.1, 0.15) is 5.82 Å². The number of nitrogens with one attached hydrogen (secondary N) is 3. The summed E-state index contributed by atoms with van der Waals surface area (Å²) in [4.78, 5) is 13.8. The van der Waals surface area contributed by atoms with Crippen molar-refractivity contribution in [3.63, 3.8) is 0 Å². The molecule has 4 nitrogen and oxygen atoms in total. The van der Waals surface area contributed by atoms with Gasteiger partial charge in [-0.1, -0.05) is 31.9 Å². The normalized spacial score (nSPS) is 19.6. The quantitative estimate of drug-likeness (QED) is 0.541. The summed E-state index contributed by atoms with van der Waals surface area (Å²) in [5, 5.41) is 3.72. The number of amides is 1. The molecule has 0 radical (unpaired) electrons. The fourth-order valence-electron chi connectivity index (χ4n) is 3.14. The van der Waals surface area contributed by atoms with Gasteiger partial charge in [-0.25, -0.2) is 4.39 Å². The molecule has 1 aliphatic rings. The lowest BCUT2D eigenvalue weighted by atomic mass is 9.86. The molecule has 1 saturated carbocycles. The molecule has 3 N–H and O–H groups in total. The number of hydrogen-bond acceptors (Lipinski definition) is 3. The van der Waals surface area contributed by atoms with Crippen LogP contribution in [0.1, 0.15) is 42.3 Å². The average molecular weight is 392 g/mol. The standard InChI is InChI=1S/C19H22FN3OS2/c1-12-4-2-3-5-15(12)21-19(25)23-22-18(24)17-11-10-16(26-17)13-6-8-14(20)9-7-13/h6-12,15H,2-5H2,1H3,(H,22,24)(H2,21,23,25)/t12-,15+/m1/s1. The molecule has 1 heterocycles. The van der Waals surface area contributed by atoms with E-state index in [4.69, 9.17) is 12.2 Å². The topological polar surface area (TPSA) is 53.2 Å². The number of hydrazine groups is 1. The molecule has 1 amide bonds. The molecule has 0 unspecified atom stereocenters. The van der Waals surface area contributed by atoms with Gasteiger partial charge in [0.15, 0.2) is 5.11 Å². The van der Waals surface area contributed by atoms with Crippen molar-refractivity contribution in [1.29, 1.82) is 0 Å². The van der Waals surface area contributed by atoms with Crippen molar-refractivity contribution in [2.75, 3.05) is 0 Å². The summed E-state index contributed by atoms with van der Waals surface area (Å²) >= 11 is 6.63. The summed E-state index contributed by atoms with van der Waals surface area (Å²) in [6, 6.07) is 10.2. The Balaban J connectivity index is 1.52. The van der Waals surface area contributed by atoms with Gasteiger partial charge in [0.2, 0.25) is 0 Å². The third-order valence-corrected chi connectivity index (χ3v) is 6.03. The van der Waals surface area contributed by atoms with E-state index in [-0.39, 0.29) is 11.7 Å². The average Bonchev–Trinajstić information content (AvgIpc) is 3.12. The maximum atomic E-state index is 13.0. The minimum absolute atomic E-state index is 0.246. The highest BCUT2D eigenvalue weighted by molar-refractivity contribution is 7.80. The number of carbonyl (C=O) groups excluding carboxylic acids is 1. The van der Waals surface area contributed by atoms with E-state index in [1.807, 2.05) is 6.07 Å². The molecule has 3 rings (SSSR count). The van der Waals surface area contributed by atoms with Crippen LogP contribution in [0.25, 0.3) is 10.4 Å². The fraction of sp³-hybridized carbons (Fsp3) is 0.368. The molecule has 0 spiro atoms. The number of halogens is 1. The molecule has 1 aliphatic carbocycles. The van der Waals surface area contributed by atoms with Crippen LogP contribution < -0.4 is 16.2 Å². The van der Waals surface area contributed by atoms with Crippen LogP contribution in [0.4, 0.5) is 4.39 Å². The zero-order chi connectivity index (χ0) is 18.5. The van der Waals surface area contributed by atoms with Crippen molar-refractivity contribution in [3.8, 4) is 10.4 Å². The third-order valence-electron chi connectivity index (χ3n) is 4.68. The smallest absolute Gasteiger partial charge is 0.279 e. The minimum atomic E-state index is -0.277. The van der Waals surface area contributed by atoms with E-state index in [1.165, 1.54) is 42.7 Å². The van der Waals surface area contributed by atoms with Crippen LogP contribution in [0.2, 0.25) is 0 Å². The van der Waals surface area contributed by atoms with Crippen LogP contribution >= 0.6 is 23.6 Å². The van der Waals surface area contributed by atoms with E-state index in [1.54, 1.807) is 18.2 Å². The van der Waals surface area contributed by atoms with Gasteiger partial charge in [0.05, 0.1) is 4.88 Å². The molecule has 1 aromatic heterocycles. The van der Waals surface area contributed by atoms with E-state index in [0.29, 0.717) is 21.9 Å². The van der Waals surface area contributed by atoms with Gasteiger partial charge in [0, 0.05) is 10.9 Å². The molecule has 7 heteroatoms. The van der Waals surface area contributed by atoms with Crippen LogP contribution in [0.15, 0.2) is 36.4 Å². The van der Waals surface area contributed by atoms with E-state index < -0.39 is 0 Å². The lowest BCUT2D eigenvalue weighted by Gasteiger charge is -2.30. The molecule has 138 valence electrons. The second-order valence-electron chi connectivity index (χ2n) is 6.59. The molecule has 0 aliphatic heterocycles. The van der Waals surface area contributed by atoms with Crippen molar-refractivity contribution in [3.05, 3.63) is 47.1 Å². The third kappa shape index (κ3) is 4.80. The van der Waals surface area contributed by atoms with Crippen molar-refractivity contribution >= 4 is 34.6 Å². The zero-order valence-electron chi connectivity index (χ0n) is 14.5. The molecule has 1 aromatic carbocycles. The number of thiophene rings is 1. The summed E-state index contributed by atoms with van der Waals surface area (Å²) in [6.45, 7) is 2.22. The molecular formula is C19H22FN3OS2.